The Morgan fingerprint density at radius 2 is 2.17 bits per heavy atom. The quantitative estimate of drug-likeness (QED) is 0.762. The second-order valence-electron chi connectivity index (χ2n) is 5.81. The van der Waals surface area contributed by atoms with Gasteiger partial charge < -0.3 is 15.3 Å². The van der Waals surface area contributed by atoms with E-state index in [0.29, 0.717) is 24.9 Å². The number of carboxylic acids is 1. The molecule has 2 N–H and O–H groups in total. The first-order valence-electron chi connectivity index (χ1n) is 7.13. The first-order chi connectivity index (χ1) is 8.40. The molecule has 0 radical (unpaired) electrons. The molecular formula is C14H28N2O2. The summed E-state index contributed by atoms with van der Waals surface area (Å²) in [6.07, 6.45) is 3.19. The molecule has 0 aromatic carbocycles. The third kappa shape index (κ3) is 3.69. The zero-order chi connectivity index (χ0) is 13.8. The molecule has 0 spiro atoms. The lowest BCUT2D eigenvalue weighted by molar-refractivity contribution is -0.144. The molecule has 0 saturated carbocycles. The van der Waals surface area contributed by atoms with Crippen LogP contribution in [0.25, 0.3) is 0 Å². The van der Waals surface area contributed by atoms with Crippen LogP contribution < -0.4 is 5.32 Å². The molecule has 106 valence electrons. The van der Waals surface area contributed by atoms with Gasteiger partial charge in [-0.05, 0) is 52.1 Å². The van der Waals surface area contributed by atoms with Gasteiger partial charge >= 0.3 is 5.97 Å². The van der Waals surface area contributed by atoms with Crippen LogP contribution >= 0.6 is 0 Å². The van der Waals surface area contributed by atoms with Crippen molar-refractivity contribution in [2.75, 3.05) is 19.6 Å². The SMILES string of the molecule is CCNC(C)(CCN1CCCC(C)C1C)C(=O)O. The number of likely N-dealkylation sites (N-methyl/N-ethyl adjacent to an activating group) is 1. The lowest BCUT2D eigenvalue weighted by atomic mass is 9.90. The third-order valence-corrected chi connectivity index (χ3v) is 4.44. The fourth-order valence-electron chi connectivity index (χ4n) is 2.76. The van der Waals surface area contributed by atoms with Crippen molar-refractivity contribution in [1.82, 2.24) is 10.2 Å². The van der Waals surface area contributed by atoms with Crippen LogP contribution in [0.1, 0.15) is 47.0 Å². The lowest BCUT2D eigenvalue weighted by Gasteiger charge is -2.39. The number of aliphatic carboxylic acids is 1. The highest BCUT2D eigenvalue weighted by atomic mass is 16.4. The molecule has 3 atom stereocenters. The highest BCUT2D eigenvalue weighted by Gasteiger charge is 2.33. The highest BCUT2D eigenvalue weighted by molar-refractivity contribution is 5.78. The minimum atomic E-state index is -0.796. The summed E-state index contributed by atoms with van der Waals surface area (Å²) >= 11 is 0. The maximum atomic E-state index is 11.3. The number of rotatable bonds is 6. The predicted molar refractivity (Wildman–Crippen MR) is 73.8 cm³/mol. The van der Waals surface area contributed by atoms with Crippen molar-refractivity contribution in [2.24, 2.45) is 5.92 Å². The van der Waals surface area contributed by atoms with Crippen molar-refractivity contribution in [3.63, 3.8) is 0 Å². The summed E-state index contributed by atoms with van der Waals surface area (Å²) in [4.78, 5) is 13.8. The van der Waals surface area contributed by atoms with Gasteiger partial charge in [0.15, 0.2) is 0 Å². The van der Waals surface area contributed by atoms with Gasteiger partial charge in [-0.1, -0.05) is 13.8 Å². The fraction of sp³-hybridized carbons (Fsp3) is 0.929. The third-order valence-electron chi connectivity index (χ3n) is 4.44. The molecule has 1 aliphatic rings. The largest absolute Gasteiger partial charge is 0.480 e. The van der Waals surface area contributed by atoms with Gasteiger partial charge in [0.25, 0.3) is 0 Å². The van der Waals surface area contributed by atoms with Crippen LogP contribution in [0.5, 0.6) is 0 Å². The number of carboxylic acid groups (broad SMARTS) is 1. The van der Waals surface area contributed by atoms with Crippen LogP contribution in [0.3, 0.4) is 0 Å². The molecule has 0 bridgehead atoms. The van der Waals surface area contributed by atoms with Crippen molar-refractivity contribution in [3.05, 3.63) is 0 Å². The summed E-state index contributed by atoms with van der Waals surface area (Å²) in [5.41, 5.74) is -0.796. The van der Waals surface area contributed by atoms with E-state index in [9.17, 15) is 9.90 Å². The van der Waals surface area contributed by atoms with Gasteiger partial charge in [-0.3, -0.25) is 4.79 Å². The van der Waals surface area contributed by atoms with Gasteiger partial charge in [-0.15, -0.1) is 0 Å². The van der Waals surface area contributed by atoms with E-state index >= 15 is 0 Å². The molecule has 0 amide bonds. The van der Waals surface area contributed by atoms with Crippen molar-refractivity contribution < 1.29 is 9.90 Å². The average molecular weight is 256 g/mol. The molecule has 1 fully saturated rings. The predicted octanol–water partition coefficient (Wildman–Crippen LogP) is 1.95. The van der Waals surface area contributed by atoms with Crippen molar-refractivity contribution in [3.8, 4) is 0 Å². The lowest BCUT2D eigenvalue weighted by Crippen LogP contribution is -2.53. The van der Waals surface area contributed by atoms with E-state index in [1.165, 1.54) is 12.8 Å². The van der Waals surface area contributed by atoms with Gasteiger partial charge in [0.2, 0.25) is 0 Å². The Labute approximate surface area is 111 Å². The number of likely N-dealkylation sites (tertiary alicyclic amines) is 1. The van der Waals surface area contributed by atoms with Crippen LogP contribution in [0.2, 0.25) is 0 Å². The molecule has 0 aromatic heterocycles. The molecule has 3 unspecified atom stereocenters. The van der Waals surface area contributed by atoms with E-state index in [-0.39, 0.29) is 0 Å². The van der Waals surface area contributed by atoms with Gasteiger partial charge in [-0.2, -0.15) is 0 Å². The summed E-state index contributed by atoms with van der Waals surface area (Å²) in [5, 5.41) is 12.4. The Balaban J connectivity index is 2.54. The maximum absolute atomic E-state index is 11.3. The Bertz CT molecular complexity index is 283. The van der Waals surface area contributed by atoms with Crippen LogP contribution in [0.15, 0.2) is 0 Å². The Kier molecular flexibility index (Phi) is 5.60. The van der Waals surface area contributed by atoms with E-state index in [1.807, 2.05) is 6.92 Å². The summed E-state index contributed by atoms with van der Waals surface area (Å²) in [7, 11) is 0. The fourth-order valence-corrected chi connectivity index (χ4v) is 2.76. The zero-order valence-corrected chi connectivity index (χ0v) is 12.2. The minimum Gasteiger partial charge on any atom is -0.480 e. The Morgan fingerprint density at radius 1 is 1.50 bits per heavy atom. The molecule has 1 saturated heterocycles. The van der Waals surface area contributed by atoms with Gasteiger partial charge in [-0.25, -0.2) is 0 Å². The first-order valence-corrected chi connectivity index (χ1v) is 7.13. The van der Waals surface area contributed by atoms with E-state index in [4.69, 9.17) is 0 Å². The van der Waals surface area contributed by atoms with Crippen LogP contribution in [-0.4, -0.2) is 47.2 Å². The molecule has 18 heavy (non-hydrogen) atoms. The number of nitrogens with zero attached hydrogens (tertiary/aromatic N) is 1. The summed E-state index contributed by atoms with van der Waals surface area (Å²) in [5.74, 6) is -0.0315. The van der Waals surface area contributed by atoms with E-state index < -0.39 is 11.5 Å². The topological polar surface area (TPSA) is 52.6 Å². The van der Waals surface area contributed by atoms with Crippen molar-refractivity contribution >= 4 is 5.97 Å². The van der Waals surface area contributed by atoms with Crippen molar-refractivity contribution in [1.29, 1.82) is 0 Å². The maximum Gasteiger partial charge on any atom is 0.323 e. The van der Waals surface area contributed by atoms with Crippen LogP contribution in [-0.2, 0) is 4.79 Å². The molecule has 1 rings (SSSR count). The first kappa shape index (κ1) is 15.4. The van der Waals surface area contributed by atoms with Gasteiger partial charge in [0, 0.05) is 12.6 Å². The second-order valence-corrected chi connectivity index (χ2v) is 5.81. The number of hydrogen-bond acceptors (Lipinski definition) is 3. The monoisotopic (exact) mass is 256 g/mol. The molecule has 1 heterocycles. The van der Waals surface area contributed by atoms with Gasteiger partial charge in [0.05, 0.1) is 0 Å². The number of carbonyl (C=O) groups is 1. The molecule has 0 aliphatic carbocycles. The molecule has 0 aromatic rings. The van der Waals surface area contributed by atoms with Crippen molar-refractivity contribution in [2.45, 2.75) is 58.5 Å². The standard InChI is InChI=1S/C14H28N2O2/c1-5-15-14(4,13(17)18)8-10-16-9-6-7-11(2)12(16)3/h11-12,15H,5-10H2,1-4H3,(H,17,18). The Hall–Kier alpha value is -0.610. The molecule has 4 nitrogen and oxygen atoms in total. The highest BCUT2D eigenvalue weighted by Crippen LogP contribution is 2.24. The van der Waals surface area contributed by atoms with Gasteiger partial charge in [0.1, 0.15) is 5.54 Å². The summed E-state index contributed by atoms with van der Waals surface area (Å²) in [6, 6.07) is 0.568. The molecule has 4 heteroatoms. The minimum absolute atomic E-state index is 0.568. The summed E-state index contributed by atoms with van der Waals surface area (Å²) in [6.45, 7) is 10.9. The molecule has 1 aliphatic heterocycles. The zero-order valence-electron chi connectivity index (χ0n) is 12.2. The normalized spacial score (nSPS) is 28.9. The number of hydrogen-bond donors (Lipinski definition) is 2. The van der Waals surface area contributed by atoms with E-state index in [0.717, 1.165) is 13.1 Å². The second kappa shape index (κ2) is 6.53. The van der Waals surface area contributed by atoms with E-state index in [1.54, 1.807) is 6.92 Å². The van der Waals surface area contributed by atoms with Crippen LogP contribution in [0, 0.1) is 5.92 Å². The number of nitrogens with one attached hydrogen (secondary N) is 1. The summed E-state index contributed by atoms with van der Waals surface area (Å²) < 4.78 is 0. The number of piperidine rings is 1. The van der Waals surface area contributed by atoms with Crippen LogP contribution in [0.4, 0.5) is 0 Å². The molecular weight excluding hydrogens is 228 g/mol. The smallest absolute Gasteiger partial charge is 0.323 e. The van der Waals surface area contributed by atoms with E-state index in [2.05, 4.69) is 24.1 Å². The average Bonchev–Trinajstić information content (AvgIpc) is 2.31. The Morgan fingerprint density at radius 3 is 2.72 bits per heavy atom.